The fourth-order valence-corrected chi connectivity index (χ4v) is 5.81. The van der Waals surface area contributed by atoms with Gasteiger partial charge in [0, 0.05) is 31.4 Å². The van der Waals surface area contributed by atoms with Gasteiger partial charge in [-0.05, 0) is 75.0 Å². The van der Waals surface area contributed by atoms with Crippen molar-refractivity contribution in [1.82, 2.24) is 9.80 Å². The fourth-order valence-electron chi connectivity index (χ4n) is 5.81. The van der Waals surface area contributed by atoms with Crippen LogP contribution in [0.2, 0.25) is 0 Å². The number of carbonyl (C=O) groups excluding carboxylic acids is 1. The van der Waals surface area contributed by atoms with Gasteiger partial charge in [-0.3, -0.25) is 0 Å². The second-order valence-corrected chi connectivity index (χ2v) is 10.3. The van der Waals surface area contributed by atoms with E-state index in [1.54, 1.807) is 0 Å². The molecule has 1 saturated carbocycles. The molecule has 0 radical (unpaired) electrons. The topological polar surface area (TPSA) is 35.6 Å². The van der Waals surface area contributed by atoms with Gasteiger partial charge in [0.15, 0.2) is 0 Å². The molecule has 3 aliphatic carbocycles. The Morgan fingerprint density at radius 1 is 1.23 bits per heavy atom. The van der Waals surface area contributed by atoms with Crippen molar-refractivity contribution in [3.63, 3.8) is 0 Å². The van der Waals surface area contributed by atoms with E-state index in [2.05, 4.69) is 42.0 Å². The van der Waals surface area contributed by atoms with Crippen LogP contribution in [0.25, 0.3) is 0 Å². The summed E-state index contributed by atoms with van der Waals surface area (Å²) in [6.07, 6.45) is 9.93. The minimum absolute atomic E-state index is 0.0352. The van der Waals surface area contributed by atoms with Crippen LogP contribution in [0.1, 0.15) is 59.3 Å². The van der Waals surface area contributed by atoms with Crippen LogP contribution in [0.15, 0.2) is 42.0 Å². The summed E-state index contributed by atoms with van der Waals surface area (Å²) in [6.45, 7) is 11.0. The molecule has 1 heterocycles. The molecule has 30 heavy (non-hydrogen) atoms. The maximum absolute atomic E-state index is 13.2. The summed E-state index contributed by atoms with van der Waals surface area (Å²) < 4.78 is 0. The van der Waals surface area contributed by atoms with Gasteiger partial charge in [0.05, 0.1) is 0 Å². The molecule has 0 spiro atoms. The van der Waals surface area contributed by atoms with E-state index in [9.17, 15) is 4.79 Å². The first kappa shape index (κ1) is 21.4. The van der Waals surface area contributed by atoms with E-state index in [4.69, 9.17) is 0 Å². The van der Waals surface area contributed by atoms with Crippen LogP contribution in [0, 0.1) is 17.3 Å². The average molecular weight is 410 g/mol. The first-order valence-electron chi connectivity index (χ1n) is 12.0. The van der Waals surface area contributed by atoms with Crippen molar-refractivity contribution in [3.8, 4) is 0 Å². The van der Waals surface area contributed by atoms with E-state index in [0.29, 0.717) is 17.4 Å². The van der Waals surface area contributed by atoms with Crippen LogP contribution in [-0.2, 0) is 0 Å². The zero-order valence-electron chi connectivity index (χ0n) is 19.1. The first-order valence-corrected chi connectivity index (χ1v) is 12.0. The third-order valence-electron chi connectivity index (χ3n) is 8.08. The minimum atomic E-state index is 0.0352. The lowest BCUT2D eigenvalue weighted by molar-refractivity contribution is -0.00958. The normalized spacial score (nSPS) is 27.7. The Bertz CT molecular complexity index is 757. The van der Waals surface area contributed by atoms with E-state index in [-0.39, 0.29) is 6.03 Å². The number of nitrogens with zero attached hydrogens (tertiary/aromatic N) is 2. The number of anilines is 1. The average Bonchev–Trinajstić information content (AvgIpc) is 2.75. The van der Waals surface area contributed by atoms with E-state index in [1.165, 1.54) is 44.2 Å². The molecule has 1 aliphatic heterocycles. The molecule has 164 valence electrons. The number of para-hydroxylation sites is 1. The number of urea groups is 1. The Kier molecular flexibility index (Phi) is 6.52. The van der Waals surface area contributed by atoms with Crippen molar-refractivity contribution in [2.24, 2.45) is 17.3 Å². The van der Waals surface area contributed by atoms with Gasteiger partial charge in [-0.25, -0.2) is 4.79 Å². The molecule has 2 amide bonds. The van der Waals surface area contributed by atoms with Gasteiger partial charge in [0.1, 0.15) is 0 Å². The third kappa shape index (κ3) is 4.59. The number of rotatable bonds is 7. The highest BCUT2D eigenvalue weighted by molar-refractivity contribution is 5.89. The van der Waals surface area contributed by atoms with Gasteiger partial charge < -0.3 is 15.1 Å². The first-order chi connectivity index (χ1) is 14.4. The molecule has 1 N–H and O–H groups in total. The maximum atomic E-state index is 13.2. The molecule has 4 heteroatoms. The van der Waals surface area contributed by atoms with Gasteiger partial charge in [-0.1, -0.05) is 50.1 Å². The zero-order valence-corrected chi connectivity index (χ0v) is 19.1. The van der Waals surface area contributed by atoms with Crippen molar-refractivity contribution in [2.45, 2.75) is 65.3 Å². The minimum Gasteiger partial charge on any atom is -0.320 e. The van der Waals surface area contributed by atoms with E-state index >= 15 is 0 Å². The van der Waals surface area contributed by atoms with Crippen LogP contribution < -0.4 is 5.32 Å². The maximum Gasteiger partial charge on any atom is 0.322 e. The Morgan fingerprint density at radius 2 is 2.03 bits per heavy atom. The van der Waals surface area contributed by atoms with Crippen LogP contribution in [-0.4, -0.2) is 48.1 Å². The highest BCUT2D eigenvalue weighted by atomic mass is 16.2. The monoisotopic (exact) mass is 409 g/mol. The molecular weight excluding hydrogens is 370 g/mol. The largest absolute Gasteiger partial charge is 0.322 e. The number of likely N-dealkylation sites (tertiary alicyclic amines) is 1. The Balaban J connectivity index is 1.39. The van der Waals surface area contributed by atoms with Crippen LogP contribution in [0.5, 0.6) is 0 Å². The summed E-state index contributed by atoms with van der Waals surface area (Å²) in [6, 6.07) is 10.6. The van der Waals surface area contributed by atoms with Crippen molar-refractivity contribution in [3.05, 3.63) is 42.0 Å². The van der Waals surface area contributed by atoms with Crippen LogP contribution >= 0.6 is 0 Å². The summed E-state index contributed by atoms with van der Waals surface area (Å²) in [5, 5.41) is 3.12. The molecule has 2 fully saturated rings. The molecule has 0 aromatic heterocycles. The Morgan fingerprint density at radius 3 is 2.73 bits per heavy atom. The van der Waals surface area contributed by atoms with Crippen LogP contribution in [0.4, 0.5) is 10.5 Å². The van der Waals surface area contributed by atoms with Gasteiger partial charge in [0.25, 0.3) is 0 Å². The van der Waals surface area contributed by atoms with Gasteiger partial charge in [-0.2, -0.15) is 0 Å². The molecule has 5 rings (SSSR count). The molecule has 2 bridgehead atoms. The quantitative estimate of drug-likeness (QED) is 0.580. The molecule has 1 aromatic rings. The number of benzene rings is 1. The second-order valence-electron chi connectivity index (χ2n) is 10.3. The van der Waals surface area contributed by atoms with E-state index < -0.39 is 0 Å². The number of piperidine rings is 1. The predicted molar refractivity (Wildman–Crippen MR) is 125 cm³/mol. The number of nitrogens with one attached hydrogen (secondary N) is 1. The van der Waals surface area contributed by atoms with Crippen molar-refractivity contribution in [1.29, 1.82) is 0 Å². The van der Waals surface area contributed by atoms with Gasteiger partial charge in [-0.15, -0.1) is 0 Å². The lowest BCUT2D eigenvalue weighted by atomic mass is 9.49. The van der Waals surface area contributed by atoms with E-state index in [1.807, 2.05) is 30.3 Å². The standard InChI is InChI=1S/C26H39N3O/c1-20-10-7-8-15-28(20)16-9-17-29(25(30)27-23-11-5-4-6-12-23)19-21-13-14-22-18-24(21)26(22,2)3/h4-6,11-13,20,22,24H,7-10,14-19H2,1-3H3,(H,27,30). The van der Waals surface area contributed by atoms with Crippen LogP contribution in [0.3, 0.4) is 0 Å². The molecule has 3 atom stereocenters. The smallest absolute Gasteiger partial charge is 0.320 e. The molecule has 1 saturated heterocycles. The Labute approximate surface area is 182 Å². The number of allylic oxidation sites excluding steroid dienone is 1. The molecule has 1 aromatic carbocycles. The second kappa shape index (κ2) is 9.13. The Hall–Kier alpha value is -1.81. The lowest BCUT2D eigenvalue weighted by Crippen LogP contribution is -2.50. The van der Waals surface area contributed by atoms with Gasteiger partial charge in [0.2, 0.25) is 0 Å². The van der Waals surface area contributed by atoms with Crippen molar-refractivity contribution in [2.75, 3.05) is 31.5 Å². The summed E-state index contributed by atoms with van der Waals surface area (Å²) >= 11 is 0. The number of amides is 2. The highest BCUT2D eigenvalue weighted by Gasteiger charge is 2.51. The summed E-state index contributed by atoms with van der Waals surface area (Å²) in [5.74, 6) is 1.48. The number of carbonyl (C=O) groups is 1. The lowest BCUT2D eigenvalue weighted by Gasteiger charge is -2.57. The summed E-state index contributed by atoms with van der Waals surface area (Å²) in [7, 11) is 0. The predicted octanol–water partition coefficient (Wildman–Crippen LogP) is 5.78. The number of hydrogen-bond donors (Lipinski definition) is 1. The van der Waals surface area contributed by atoms with Crippen molar-refractivity contribution < 1.29 is 4.79 Å². The molecule has 4 nitrogen and oxygen atoms in total. The summed E-state index contributed by atoms with van der Waals surface area (Å²) in [5.41, 5.74) is 2.75. The SMILES string of the molecule is CC1CCCCN1CCCN(CC1=CCC2CC1C2(C)C)C(=O)Nc1ccccc1. The molecule has 3 unspecified atom stereocenters. The highest BCUT2D eigenvalue weighted by Crippen LogP contribution is 2.59. The van der Waals surface area contributed by atoms with Gasteiger partial charge >= 0.3 is 6.03 Å². The molecular formula is C26H39N3O. The van der Waals surface area contributed by atoms with Crippen molar-refractivity contribution >= 4 is 11.7 Å². The third-order valence-corrected chi connectivity index (χ3v) is 8.08. The number of fused-ring (bicyclic) bond motifs is 1. The zero-order chi connectivity index (χ0) is 21.1. The summed E-state index contributed by atoms with van der Waals surface area (Å²) in [4.78, 5) is 17.9. The fraction of sp³-hybridized carbons (Fsp3) is 0.654. The number of hydrogen-bond acceptors (Lipinski definition) is 2. The van der Waals surface area contributed by atoms with E-state index in [0.717, 1.165) is 37.7 Å². The molecule has 4 aliphatic rings.